The molecular weight excluding hydrogens is 434 g/mol. The average Bonchev–Trinajstić information content (AvgIpc) is 3.18. The molecule has 4 rings (SSSR count). The summed E-state index contributed by atoms with van der Waals surface area (Å²) in [6.45, 7) is 1.09. The summed E-state index contributed by atoms with van der Waals surface area (Å²) in [5, 5.41) is 23.3. The number of aliphatic hydroxyl groups is 2. The molecule has 1 aliphatic rings. The van der Waals surface area contributed by atoms with Gasteiger partial charge in [-0.1, -0.05) is 28.1 Å². The normalized spacial score (nSPS) is 22.4. The van der Waals surface area contributed by atoms with Gasteiger partial charge in [-0.15, -0.1) is 0 Å². The molecule has 0 amide bonds. The van der Waals surface area contributed by atoms with Gasteiger partial charge in [0.2, 0.25) is 5.28 Å². The average molecular weight is 453 g/mol. The highest BCUT2D eigenvalue weighted by molar-refractivity contribution is 9.10. The van der Waals surface area contributed by atoms with Gasteiger partial charge in [0.1, 0.15) is 0 Å². The van der Waals surface area contributed by atoms with Gasteiger partial charge in [-0.25, -0.2) is 4.98 Å². The third-order valence-electron chi connectivity index (χ3n) is 4.93. The first-order chi connectivity index (χ1) is 13.0. The highest BCUT2D eigenvalue weighted by atomic mass is 79.9. The van der Waals surface area contributed by atoms with Gasteiger partial charge in [-0.05, 0) is 42.1 Å². The van der Waals surface area contributed by atoms with Crippen LogP contribution in [0.25, 0.3) is 11.2 Å². The highest BCUT2D eigenvalue weighted by Crippen LogP contribution is 2.29. The smallest absolute Gasteiger partial charge is 0.226 e. The Kier molecular flexibility index (Phi) is 5.32. The van der Waals surface area contributed by atoms with Crippen molar-refractivity contribution in [3.05, 3.63) is 45.9 Å². The first-order valence-corrected chi connectivity index (χ1v) is 9.91. The molecule has 142 valence electrons. The second-order valence-corrected chi connectivity index (χ2v) is 8.04. The van der Waals surface area contributed by atoms with Crippen molar-refractivity contribution in [3.63, 3.8) is 0 Å². The summed E-state index contributed by atoms with van der Waals surface area (Å²) < 4.78 is 2.87. The van der Waals surface area contributed by atoms with E-state index < -0.39 is 12.2 Å². The van der Waals surface area contributed by atoms with Crippen molar-refractivity contribution in [2.24, 2.45) is 5.92 Å². The molecule has 0 unspecified atom stereocenters. The monoisotopic (exact) mass is 451 g/mol. The van der Waals surface area contributed by atoms with Crippen LogP contribution >= 0.6 is 27.5 Å². The topological polar surface area (TPSA) is 96.1 Å². The van der Waals surface area contributed by atoms with Crippen LogP contribution in [0.4, 0.5) is 5.82 Å². The molecule has 0 saturated heterocycles. The van der Waals surface area contributed by atoms with Gasteiger partial charge in [-0.3, -0.25) is 0 Å². The Balaban J connectivity index is 1.58. The van der Waals surface area contributed by atoms with Gasteiger partial charge in [0.15, 0.2) is 17.0 Å². The Hall–Kier alpha value is -1.74. The van der Waals surface area contributed by atoms with E-state index in [2.05, 4.69) is 36.2 Å². The maximum Gasteiger partial charge on any atom is 0.226 e. The van der Waals surface area contributed by atoms with Crippen molar-refractivity contribution in [2.75, 3.05) is 5.32 Å². The largest absolute Gasteiger partial charge is 0.390 e. The molecule has 9 heteroatoms. The Labute approximate surface area is 169 Å². The summed E-state index contributed by atoms with van der Waals surface area (Å²) in [7, 11) is 0. The molecule has 0 aliphatic heterocycles. The van der Waals surface area contributed by atoms with Crippen LogP contribution in [0.1, 0.15) is 18.4 Å². The number of hydrogen-bond acceptors (Lipinski definition) is 6. The van der Waals surface area contributed by atoms with E-state index in [9.17, 15) is 10.2 Å². The first kappa shape index (κ1) is 18.6. The molecule has 0 radical (unpaired) electrons. The van der Waals surface area contributed by atoms with Crippen LogP contribution in [-0.2, 0) is 13.1 Å². The zero-order valence-corrected chi connectivity index (χ0v) is 16.7. The summed E-state index contributed by atoms with van der Waals surface area (Å²) in [5.74, 6) is 0.528. The lowest BCUT2D eigenvalue weighted by Crippen LogP contribution is -2.27. The molecule has 2 aromatic heterocycles. The molecule has 1 saturated carbocycles. The molecule has 3 N–H and O–H groups in total. The van der Waals surface area contributed by atoms with Crippen molar-refractivity contribution < 1.29 is 10.2 Å². The minimum absolute atomic E-state index is 0.0378. The zero-order chi connectivity index (χ0) is 19.0. The number of anilines is 1. The Bertz CT molecular complexity index is 966. The number of imidazole rings is 1. The first-order valence-electron chi connectivity index (χ1n) is 8.74. The summed E-state index contributed by atoms with van der Waals surface area (Å²) in [4.78, 5) is 13.0. The Morgan fingerprint density at radius 1 is 1.26 bits per heavy atom. The third kappa shape index (κ3) is 3.94. The molecule has 0 spiro atoms. The van der Waals surface area contributed by atoms with E-state index in [1.807, 2.05) is 28.8 Å². The van der Waals surface area contributed by atoms with Crippen LogP contribution in [0, 0.1) is 5.92 Å². The number of aliphatic hydroxyl groups excluding tert-OH is 2. The molecule has 1 fully saturated rings. The minimum Gasteiger partial charge on any atom is -0.390 e. The zero-order valence-electron chi connectivity index (χ0n) is 14.4. The number of fused-ring (bicyclic) bond motifs is 1. The van der Waals surface area contributed by atoms with Gasteiger partial charge in [-0.2, -0.15) is 9.97 Å². The van der Waals surface area contributed by atoms with E-state index in [0.717, 1.165) is 16.5 Å². The molecule has 3 aromatic rings. The van der Waals surface area contributed by atoms with Crippen LogP contribution in [-0.4, -0.2) is 41.9 Å². The lowest BCUT2D eigenvalue weighted by Gasteiger charge is -2.17. The lowest BCUT2D eigenvalue weighted by molar-refractivity contribution is 0.0171. The molecule has 2 heterocycles. The van der Waals surface area contributed by atoms with Crippen molar-refractivity contribution in [3.8, 4) is 0 Å². The maximum atomic E-state index is 10.1. The fourth-order valence-electron chi connectivity index (χ4n) is 3.50. The number of nitrogens with zero attached hydrogens (tertiary/aromatic N) is 4. The Morgan fingerprint density at radius 3 is 2.85 bits per heavy atom. The predicted molar refractivity (Wildman–Crippen MR) is 107 cm³/mol. The minimum atomic E-state index is -0.728. The Morgan fingerprint density at radius 2 is 2.11 bits per heavy atom. The maximum absolute atomic E-state index is 10.1. The van der Waals surface area contributed by atoms with Crippen LogP contribution in [0.3, 0.4) is 0 Å². The third-order valence-corrected chi connectivity index (χ3v) is 5.59. The molecule has 1 aromatic carbocycles. The lowest BCUT2D eigenvalue weighted by atomic mass is 10.1. The van der Waals surface area contributed by atoms with E-state index in [1.165, 1.54) is 0 Å². The molecule has 7 nitrogen and oxygen atoms in total. The van der Waals surface area contributed by atoms with Crippen LogP contribution in [0.2, 0.25) is 5.28 Å². The molecule has 1 aliphatic carbocycles. The van der Waals surface area contributed by atoms with E-state index >= 15 is 0 Å². The van der Waals surface area contributed by atoms with Gasteiger partial charge in [0, 0.05) is 23.5 Å². The van der Waals surface area contributed by atoms with Gasteiger partial charge >= 0.3 is 0 Å². The van der Waals surface area contributed by atoms with Crippen molar-refractivity contribution in [1.29, 1.82) is 0 Å². The van der Waals surface area contributed by atoms with Crippen molar-refractivity contribution >= 4 is 44.5 Å². The van der Waals surface area contributed by atoms with Gasteiger partial charge in [0.25, 0.3) is 0 Å². The number of nitrogens with one attached hydrogen (secondary N) is 1. The van der Waals surface area contributed by atoms with Crippen molar-refractivity contribution in [1.82, 2.24) is 19.5 Å². The predicted octanol–water partition coefficient (Wildman–Crippen LogP) is 2.99. The molecule has 27 heavy (non-hydrogen) atoms. The summed E-state index contributed by atoms with van der Waals surface area (Å²) in [6, 6.07) is 7.99. The number of rotatable bonds is 5. The second kappa shape index (κ2) is 7.71. The molecule has 3 atom stereocenters. The fourth-order valence-corrected chi connectivity index (χ4v) is 4.11. The standard InChI is InChI=1S/C18H19BrClN5O2/c19-12-3-1-2-10(6-12)7-21-16-14-17(24-18(20)23-16)25(9-22-14)8-11-4-5-13(26)15(11)27/h1-3,6,9,11,13,15,26-27H,4-5,7-8H2,(H,21,23,24)/t11-,13+,15-/m0/s1. The highest BCUT2D eigenvalue weighted by Gasteiger charge is 2.33. The van der Waals surface area contributed by atoms with Crippen LogP contribution in [0.15, 0.2) is 35.1 Å². The second-order valence-electron chi connectivity index (χ2n) is 6.79. The van der Waals surface area contributed by atoms with Gasteiger partial charge in [0.05, 0.1) is 18.5 Å². The number of benzene rings is 1. The fraction of sp³-hybridized carbons (Fsp3) is 0.389. The van der Waals surface area contributed by atoms with Crippen molar-refractivity contribution in [2.45, 2.75) is 38.1 Å². The van der Waals surface area contributed by atoms with E-state index in [4.69, 9.17) is 11.6 Å². The van der Waals surface area contributed by atoms with Gasteiger partial charge < -0.3 is 20.1 Å². The molecular formula is C18H19BrClN5O2. The summed E-state index contributed by atoms with van der Waals surface area (Å²) in [5.41, 5.74) is 2.33. The van der Waals surface area contributed by atoms with E-state index in [1.54, 1.807) is 6.33 Å². The van der Waals surface area contributed by atoms with E-state index in [-0.39, 0.29) is 11.2 Å². The SMILES string of the molecule is O[C@H]1[C@H](Cn2cnc3c(NCc4cccc(Br)c4)nc(Cl)nc32)CC[C@H]1O. The van der Waals surface area contributed by atoms with Crippen LogP contribution in [0.5, 0.6) is 0 Å². The summed E-state index contributed by atoms with van der Waals surface area (Å²) in [6.07, 6.45) is 1.65. The quantitative estimate of drug-likeness (QED) is 0.515. The molecule has 0 bridgehead atoms. The number of halogens is 2. The number of aromatic nitrogens is 4. The number of hydrogen-bond donors (Lipinski definition) is 3. The summed E-state index contributed by atoms with van der Waals surface area (Å²) >= 11 is 9.59. The van der Waals surface area contributed by atoms with Crippen LogP contribution < -0.4 is 5.32 Å². The van der Waals surface area contributed by atoms with E-state index in [0.29, 0.717) is 36.5 Å².